The summed E-state index contributed by atoms with van der Waals surface area (Å²) in [6.07, 6.45) is 1.72. The number of hydrogen-bond acceptors (Lipinski definition) is 6. The Morgan fingerprint density at radius 3 is 2.69 bits per heavy atom. The number of benzene rings is 2. The highest BCUT2D eigenvalue weighted by molar-refractivity contribution is 7.10. The minimum Gasteiger partial charge on any atom is -0.457 e. The van der Waals surface area contributed by atoms with E-state index >= 15 is 0 Å². The number of nitrogens with one attached hydrogen (secondary N) is 1. The second-order valence-electron chi connectivity index (χ2n) is 9.08. The lowest BCUT2D eigenvalue weighted by Gasteiger charge is -2.24. The van der Waals surface area contributed by atoms with Gasteiger partial charge in [0, 0.05) is 27.2 Å². The third kappa shape index (κ3) is 4.83. The van der Waals surface area contributed by atoms with Gasteiger partial charge in [-0.05, 0) is 61.2 Å². The first-order valence-electron chi connectivity index (χ1n) is 12.2. The first kappa shape index (κ1) is 25.3. The molecule has 1 N–H and O–H groups in total. The summed E-state index contributed by atoms with van der Waals surface area (Å²) >= 11 is 8.91. The SMILES string of the molecule is CC1=C(C(=O)Nc2ccccc2C)[C@H](c2cccs2)n2c(sc(=Cc3ccc(-c4cccc(Cl)c4)o3)c2=O)=N1. The molecule has 0 saturated heterocycles. The van der Waals surface area contributed by atoms with Crippen molar-refractivity contribution in [3.05, 3.63) is 130 Å². The van der Waals surface area contributed by atoms with Crippen molar-refractivity contribution in [1.82, 2.24) is 4.57 Å². The van der Waals surface area contributed by atoms with Gasteiger partial charge < -0.3 is 9.73 Å². The molecule has 0 fully saturated rings. The summed E-state index contributed by atoms with van der Waals surface area (Å²) in [4.78, 5) is 33.6. The molecule has 39 heavy (non-hydrogen) atoms. The topological polar surface area (TPSA) is 76.6 Å². The van der Waals surface area contributed by atoms with Crippen molar-refractivity contribution < 1.29 is 9.21 Å². The summed E-state index contributed by atoms with van der Waals surface area (Å²) in [7, 11) is 0. The van der Waals surface area contributed by atoms with Crippen LogP contribution in [0.2, 0.25) is 5.02 Å². The molecule has 4 heterocycles. The number of rotatable bonds is 5. The summed E-state index contributed by atoms with van der Waals surface area (Å²) < 4.78 is 8.10. The summed E-state index contributed by atoms with van der Waals surface area (Å²) in [5.41, 5.74) is 3.31. The lowest BCUT2D eigenvalue weighted by molar-refractivity contribution is -0.113. The van der Waals surface area contributed by atoms with Crippen LogP contribution >= 0.6 is 34.3 Å². The quantitative estimate of drug-likeness (QED) is 0.275. The van der Waals surface area contributed by atoms with Gasteiger partial charge in [-0.2, -0.15) is 0 Å². The zero-order valence-corrected chi connectivity index (χ0v) is 23.4. The number of para-hydroxylation sites is 1. The molecule has 0 bridgehead atoms. The summed E-state index contributed by atoms with van der Waals surface area (Å²) in [6.45, 7) is 3.75. The van der Waals surface area contributed by atoms with E-state index in [2.05, 4.69) is 5.32 Å². The lowest BCUT2D eigenvalue weighted by atomic mass is 10.0. The predicted octanol–water partition coefficient (Wildman–Crippen LogP) is 6.16. The van der Waals surface area contributed by atoms with E-state index in [9.17, 15) is 9.59 Å². The van der Waals surface area contributed by atoms with Gasteiger partial charge in [-0.3, -0.25) is 14.2 Å². The minimum absolute atomic E-state index is 0.230. The Kier molecular flexibility index (Phi) is 6.68. The molecular formula is C30H22ClN3O3S2. The average Bonchev–Trinajstić information content (AvgIpc) is 3.67. The van der Waals surface area contributed by atoms with Crippen LogP contribution in [-0.2, 0) is 4.79 Å². The first-order valence-corrected chi connectivity index (χ1v) is 14.2. The van der Waals surface area contributed by atoms with Crippen LogP contribution in [0.3, 0.4) is 0 Å². The molecule has 9 heteroatoms. The number of carbonyl (C=O) groups is 1. The first-order chi connectivity index (χ1) is 18.9. The number of thiazole rings is 1. The van der Waals surface area contributed by atoms with Gasteiger partial charge >= 0.3 is 0 Å². The number of aryl methyl sites for hydroxylation is 1. The average molecular weight is 572 g/mol. The van der Waals surface area contributed by atoms with Crippen LogP contribution in [0.25, 0.3) is 17.4 Å². The summed E-state index contributed by atoms with van der Waals surface area (Å²) in [5.74, 6) is 0.908. The van der Waals surface area contributed by atoms with Crippen molar-refractivity contribution in [3.8, 4) is 11.3 Å². The molecule has 194 valence electrons. The molecule has 1 atom stereocenters. The van der Waals surface area contributed by atoms with Gasteiger partial charge in [0.25, 0.3) is 11.5 Å². The molecule has 0 unspecified atom stereocenters. The van der Waals surface area contributed by atoms with Gasteiger partial charge in [-0.1, -0.05) is 59.3 Å². The Morgan fingerprint density at radius 1 is 1.08 bits per heavy atom. The third-order valence-corrected chi connectivity index (χ3v) is 8.62. The number of carbonyl (C=O) groups excluding carboxylic acids is 1. The number of halogens is 1. The molecule has 0 spiro atoms. The second kappa shape index (κ2) is 10.3. The highest BCUT2D eigenvalue weighted by atomic mass is 35.5. The molecular weight excluding hydrogens is 550 g/mol. The number of hydrogen-bond donors (Lipinski definition) is 1. The highest BCUT2D eigenvalue weighted by Crippen LogP contribution is 2.33. The van der Waals surface area contributed by atoms with Crippen LogP contribution in [0, 0.1) is 6.92 Å². The van der Waals surface area contributed by atoms with Crippen molar-refractivity contribution in [3.63, 3.8) is 0 Å². The van der Waals surface area contributed by atoms with Gasteiger partial charge in [0.05, 0.1) is 15.8 Å². The van der Waals surface area contributed by atoms with E-state index in [0.717, 1.165) is 21.7 Å². The van der Waals surface area contributed by atoms with E-state index in [4.69, 9.17) is 21.0 Å². The van der Waals surface area contributed by atoms with Crippen LogP contribution < -0.4 is 20.2 Å². The van der Waals surface area contributed by atoms with Gasteiger partial charge in [-0.25, -0.2) is 4.99 Å². The number of fused-ring (bicyclic) bond motifs is 1. The Labute approximate surface area is 236 Å². The molecule has 1 aliphatic rings. The summed E-state index contributed by atoms with van der Waals surface area (Å²) in [6, 6.07) is 21.9. The normalized spacial score (nSPS) is 15.3. The zero-order valence-electron chi connectivity index (χ0n) is 21.0. The van der Waals surface area contributed by atoms with Crippen molar-refractivity contribution in [1.29, 1.82) is 0 Å². The van der Waals surface area contributed by atoms with Gasteiger partial charge in [0.15, 0.2) is 4.80 Å². The molecule has 6 rings (SSSR count). The Bertz CT molecular complexity index is 1930. The third-order valence-electron chi connectivity index (χ3n) is 6.48. The number of anilines is 1. The van der Waals surface area contributed by atoms with Gasteiger partial charge in [-0.15, -0.1) is 11.3 Å². The maximum Gasteiger partial charge on any atom is 0.271 e. The summed E-state index contributed by atoms with van der Waals surface area (Å²) in [5, 5.41) is 5.58. The lowest BCUT2D eigenvalue weighted by Crippen LogP contribution is -2.40. The van der Waals surface area contributed by atoms with E-state index in [1.807, 2.05) is 86.0 Å². The van der Waals surface area contributed by atoms with Crippen LogP contribution in [0.4, 0.5) is 5.69 Å². The number of nitrogens with zero attached hydrogens (tertiary/aromatic N) is 2. The van der Waals surface area contributed by atoms with E-state index in [0.29, 0.717) is 37.1 Å². The molecule has 6 nitrogen and oxygen atoms in total. The van der Waals surface area contributed by atoms with Crippen LogP contribution in [0.15, 0.2) is 104 Å². The largest absolute Gasteiger partial charge is 0.457 e. The van der Waals surface area contributed by atoms with Crippen LogP contribution in [0.1, 0.15) is 29.2 Å². The van der Waals surface area contributed by atoms with E-state index in [-0.39, 0.29) is 11.5 Å². The monoisotopic (exact) mass is 571 g/mol. The molecule has 0 aliphatic carbocycles. The standard InChI is InChI=1S/C30H22ClN3O3S2/c1-17-7-3-4-10-22(17)33-28(35)26-18(2)32-30-34(27(26)24-11-6-14-38-24)29(36)25(39-30)16-21-12-13-23(37-21)19-8-5-9-20(31)15-19/h3-16,27H,1-2H3,(H,33,35)/t27-/m0/s1. The molecule has 1 amide bonds. The highest BCUT2D eigenvalue weighted by Gasteiger charge is 2.33. The molecule has 1 aliphatic heterocycles. The van der Waals surface area contributed by atoms with Gasteiger partial charge in [0.2, 0.25) is 0 Å². The maximum absolute atomic E-state index is 13.8. The Balaban J connectivity index is 1.43. The number of amides is 1. The fourth-order valence-electron chi connectivity index (χ4n) is 4.59. The predicted molar refractivity (Wildman–Crippen MR) is 157 cm³/mol. The number of thiophene rings is 1. The molecule has 2 aromatic carbocycles. The van der Waals surface area contributed by atoms with E-state index < -0.39 is 6.04 Å². The van der Waals surface area contributed by atoms with Crippen molar-refractivity contribution in [2.24, 2.45) is 4.99 Å². The number of furan rings is 1. The van der Waals surface area contributed by atoms with Crippen molar-refractivity contribution >= 4 is 51.9 Å². The smallest absolute Gasteiger partial charge is 0.271 e. The van der Waals surface area contributed by atoms with Crippen LogP contribution in [0.5, 0.6) is 0 Å². The minimum atomic E-state index is -0.592. The molecule has 5 aromatic rings. The zero-order chi connectivity index (χ0) is 27.1. The van der Waals surface area contributed by atoms with E-state index in [1.165, 1.54) is 22.7 Å². The fourth-order valence-corrected chi connectivity index (χ4v) is 6.63. The van der Waals surface area contributed by atoms with E-state index in [1.54, 1.807) is 16.7 Å². The number of allylic oxidation sites excluding steroid dienone is 1. The molecule has 0 radical (unpaired) electrons. The second-order valence-corrected chi connectivity index (χ2v) is 11.5. The number of aromatic nitrogens is 1. The van der Waals surface area contributed by atoms with Crippen LogP contribution in [-0.4, -0.2) is 10.5 Å². The van der Waals surface area contributed by atoms with Crippen molar-refractivity contribution in [2.75, 3.05) is 5.32 Å². The van der Waals surface area contributed by atoms with Gasteiger partial charge in [0.1, 0.15) is 17.6 Å². The van der Waals surface area contributed by atoms with Crippen molar-refractivity contribution in [2.45, 2.75) is 19.9 Å². The maximum atomic E-state index is 13.8. The fraction of sp³-hybridized carbons (Fsp3) is 0.100. The Hall–Kier alpha value is -3.98. The molecule has 3 aromatic heterocycles. The Morgan fingerprint density at radius 2 is 1.92 bits per heavy atom. The molecule has 0 saturated carbocycles.